The average molecular weight is 321 g/mol. The highest BCUT2D eigenvalue weighted by molar-refractivity contribution is 5.79. The fraction of sp³-hybridized carbons (Fsp3) is 0.706. The van der Waals surface area contributed by atoms with Crippen molar-refractivity contribution in [2.45, 2.75) is 46.5 Å². The molecule has 0 radical (unpaired) electrons. The lowest BCUT2D eigenvalue weighted by atomic mass is 9.92. The van der Waals surface area contributed by atoms with Crippen LogP contribution in [0.4, 0.5) is 0 Å². The molecule has 1 fully saturated rings. The third-order valence-electron chi connectivity index (χ3n) is 4.98. The van der Waals surface area contributed by atoms with Crippen LogP contribution in [0.25, 0.3) is 0 Å². The Morgan fingerprint density at radius 3 is 2.39 bits per heavy atom. The van der Waals surface area contributed by atoms with Crippen molar-refractivity contribution >= 4 is 11.9 Å². The minimum Gasteiger partial charge on any atom is -0.481 e. The molecule has 1 saturated heterocycles. The molecular weight excluding hydrogens is 294 g/mol. The average Bonchev–Trinajstić information content (AvgIpc) is 2.73. The number of hydrogen-bond acceptors (Lipinski definition) is 3. The van der Waals surface area contributed by atoms with Crippen LogP contribution in [0.5, 0.6) is 0 Å². The number of nitrogens with zero attached hydrogens (tertiary/aromatic N) is 3. The molecule has 1 aromatic heterocycles. The second-order valence-electron chi connectivity index (χ2n) is 6.74. The van der Waals surface area contributed by atoms with E-state index in [4.69, 9.17) is 5.11 Å². The number of piperidine rings is 1. The maximum absolute atomic E-state index is 12.6. The number of amides is 1. The van der Waals surface area contributed by atoms with Gasteiger partial charge in [0.05, 0.1) is 5.69 Å². The third kappa shape index (κ3) is 4.12. The van der Waals surface area contributed by atoms with Gasteiger partial charge in [-0.1, -0.05) is 6.92 Å². The monoisotopic (exact) mass is 321 g/mol. The van der Waals surface area contributed by atoms with Gasteiger partial charge in [-0.05, 0) is 44.6 Å². The predicted octanol–water partition coefficient (Wildman–Crippen LogP) is 1.93. The zero-order chi connectivity index (χ0) is 17.1. The van der Waals surface area contributed by atoms with Crippen LogP contribution in [-0.4, -0.2) is 44.8 Å². The van der Waals surface area contributed by atoms with Crippen molar-refractivity contribution in [3.63, 3.8) is 0 Å². The summed E-state index contributed by atoms with van der Waals surface area (Å²) >= 11 is 0. The van der Waals surface area contributed by atoms with E-state index < -0.39 is 5.97 Å². The van der Waals surface area contributed by atoms with E-state index >= 15 is 0 Å². The second-order valence-corrected chi connectivity index (χ2v) is 6.74. The smallest absolute Gasteiger partial charge is 0.303 e. The van der Waals surface area contributed by atoms with Crippen LogP contribution >= 0.6 is 0 Å². The molecule has 128 valence electrons. The molecule has 1 amide bonds. The molecule has 2 heterocycles. The quantitative estimate of drug-likeness (QED) is 0.899. The van der Waals surface area contributed by atoms with E-state index in [0.29, 0.717) is 19.5 Å². The highest BCUT2D eigenvalue weighted by Crippen LogP contribution is 2.23. The lowest BCUT2D eigenvalue weighted by Gasteiger charge is -2.33. The number of aromatic nitrogens is 2. The maximum atomic E-state index is 12.6. The highest BCUT2D eigenvalue weighted by Gasteiger charge is 2.28. The number of carboxylic acids is 1. The van der Waals surface area contributed by atoms with E-state index in [1.54, 1.807) is 0 Å². The first kappa shape index (κ1) is 17.5. The van der Waals surface area contributed by atoms with E-state index in [2.05, 4.69) is 5.10 Å². The first-order valence-electron chi connectivity index (χ1n) is 8.29. The van der Waals surface area contributed by atoms with Crippen molar-refractivity contribution in [1.29, 1.82) is 0 Å². The molecule has 0 saturated carbocycles. The van der Waals surface area contributed by atoms with Gasteiger partial charge < -0.3 is 10.0 Å². The molecule has 1 aromatic rings. The molecule has 1 unspecified atom stereocenters. The summed E-state index contributed by atoms with van der Waals surface area (Å²) in [5.74, 6) is -0.450. The Balaban J connectivity index is 1.92. The summed E-state index contributed by atoms with van der Waals surface area (Å²) in [6.07, 6.45) is 2.50. The van der Waals surface area contributed by atoms with Gasteiger partial charge in [0.25, 0.3) is 0 Å². The van der Waals surface area contributed by atoms with Gasteiger partial charge in [0.2, 0.25) is 5.91 Å². The van der Waals surface area contributed by atoms with Crippen LogP contribution in [-0.2, 0) is 23.1 Å². The van der Waals surface area contributed by atoms with E-state index in [-0.39, 0.29) is 24.2 Å². The Morgan fingerprint density at radius 2 is 1.91 bits per heavy atom. The summed E-state index contributed by atoms with van der Waals surface area (Å²) in [4.78, 5) is 25.3. The topological polar surface area (TPSA) is 75.4 Å². The number of carbonyl (C=O) groups is 2. The lowest BCUT2D eigenvalue weighted by Crippen LogP contribution is -2.42. The van der Waals surface area contributed by atoms with Crippen LogP contribution in [0, 0.1) is 25.7 Å². The standard InChI is InChI=1S/C17H27N3O3/c1-11(9-15-12(2)18-19(4)13(15)3)17(23)20-7-5-14(6-8-20)10-16(21)22/h11,14H,5-10H2,1-4H3,(H,21,22). The second kappa shape index (κ2) is 7.15. The van der Waals surface area contributed by atoms with Crippen LogP contribution < -0.4 is 0 Å². The zero-order valence-electron chi connectivity index (χ0n) is 14.5. The first-order valence-corrected chi connectivity index (χ1v) is 8.29. The Hall–Kier alpha value is -1.85. The molecule has 0 spiro atoms. The van der Waals surface area contributed by atoms with Gasteiger partial charge in [-0.3, -0.25) is 14.3 Å². The Bertz CT molecular complexity index is 586. The molecule has 23 heavy (non-hydrogen) atoms. The summed E-state index contributed by atoms with van der Waals surface area (Å²) in [6, 6.07) is 0. The molecule has 6 nitrogen and oxygen atoms in total. The van der Waals surface area contributed by atoms with Crippen LogP contribution in [0.3, 0.4) is 0 Å². The van der Waals surface area contributed by atoms with Gasteiger partial charge in [0.15, 0.2) is 0 Å². The van der Waals surface area contributed by atoms with Crippen LogP contribution in [0.15, 0.2) is 0 Å². The fourth-order valence-electron chi connectivity index (χ4n) is 3.42. The van der Waals surface area contributed by atoms with Crippen molar-refractivity contribution in [1.82, 2.24) is 14.7 Å². The van der Waals surface area contributed by atoms with E-state index in [1.807, 2.05) is 37.4 Å². The number of carbonyl (C=O) groups excluding carboxylic acids is 1. The van der Waals surface area contributed by atoms with Crippen LogP contribution in [0.2, 0.25) is 0 Å². The molecule has 1 N–H and O–H groups in total. The van der Waals surface area contributed by atoms with E-state index in [9.17, 15) is 9.59 Å². The number of aryl methyl sites for hydroxylation is 2. The lowest BCUT2D eigenvalue weighted by molar-refractivity contribution is -0.139. The zero-order valence-corrected chi connectivity index (χ0v) is 14.5. The van der Waals surface area contributed by atoms with E-state index in [0.717, 1.165) is 29.8 Å². The molecule has 6 heteroatoms. The number of aliphatic carboxylic acids is 1. The summed E-state index contributed by atoms with van der Waals surface area (Å²) in [5.41, 5.74) is 3.27. The summed E-state index contributed by atoms with van der Waals surface area (Å²) in [6.45, 7) is 7.33. The van der Waals surface area contributed by atoms with Crippen molar-refractivity contribution in [3.8, 4) is 0 Å². The molecule has 2 rings (SSSR count). The number of rotatable bonds is 5. The molecular formula is C17H27N3O3. The third-order valence-corrected chi connectivity index (χ3v) is 4.98. The Morgan fingerprint density at radius 1 is 1.30 bits per heavy atom. The Labute approximate surface area is 137 Å². The van der Waals surface area contributed by atoms with Gasteiger partial charge in [0.1, 0.15) is 0 Å². The van der Waals surface area contributed by atoms with Gasteiger partial charge in [-0.2, -0.15) is 5.10 Å². The maximum Gasteiger partial charge on any atom is 0.303 e. The summed E-state index contributed by atoms with van der Waals surface area (Å²) in [7, 11) is 1.92. The van der Waals surface area contributed by atoms with Gasteiger partial charge in [-0.15, -0.1) is 0 Å². The SMILES string of the molecule is Cc1nn(C)c(C)c1CC(C)C(=O)N1CCC(CC(=O)O)CC1. The molecule has 0 aliphatic carbocycles. The molecule has 1 aliphatic rings. The predicted molar refractivity (Wildman–Crippen MR) is 87.1 cm³/mol. The van der Waals surface area contributed by atoms with Crippen molar-refractivity contribution in [3.05, 3.63) is 17.0 Å². The van der Waals surface area contributed by atoms with Crippen LogP contribution in [0.1, 0.15) is 43.1 Å². The fourth-order valence-corrected chi connectivity index (χ4v) is 3.42. The van der Waals surface area contributed by atoms with Crippen molar-refractivity contribution in [2.75, 3.05) is 13.1 Å². The van der Waals surface area contributed by atoms with Crippen molar-refractivity contribution < 1.29 is 14.7 Å². The summed E-state index contributed by atoms with van der Waals surface area (Å²) < 4.78 is 1.86. The van der Waals surface area contributed by atoms with Gasteiger partial charge in [0, 0.05) is 38.2 Å². The minimum absolute atomic E-state index is 0.0763. The highest BCUT2D eigenvalue weighted by atomic mass is 16.4. The van der Waals surface area contributed by atoms with E-state index in [1.165, 1.54) is 0 Å². The first-order chi connectivity index (χ1) is 10.8. The Kier molecular flexibility index (Phi) is 5.44. The number of likely N-dealkylation sites (tertiary alicyclic amines) is 1. The summed E-state index contributed by atoms with van der Waals surface area (Å²) in [5, 5.41) is 13.3. The van der Waals surface area contributed by atoms with Crippen molar-refractivity contribution in [2.24, 2.45) is 18.9 Å². The number of hydrogen-bond donors (Lipinski definition) is 1. The number of carboxylic acid groups (broad SMARTS) is 1. The normalized spacial score (nSPS) is 17.3. The molecule has 1 atom stereocenters. The largest absolute Gasteiger partial charge is 0.481 e. The molecule has 1 aliphatic heterocycles. The molecule has 0 bridgehead atoms. The minimum atomic E-state index is -0.745. The molecule has 0 aromatic carbocycles. The van der Waals surface area contributed by atoms with Gasteiger partial charge in [-0.25, -0.2) is 0 Å². The van der Waals surface area contributed by atoms with Gasteiger partial charge >= 0.3 is 5.97 Å².